The van der Waals surface area contributed by atoms with Crippen LogP contribution < -0.4 is 5.32 Å². The summed E-state index contributed by atoms with van der Waals surface area (Å²) in [6.45, 7) is 1.96. The van der Waals surface area contributed by atoms with Crippen molar-refractivity contribution in [3.63, 3.8) is 0 Å². The number of aromatic nitrogens is 3. The lowest BCUT2D eigenvalue weighted by Gasteiger charge is -2.13. The molecule has 0 aliphatic heterocycles. The highest BCUT2D eigenvalue weighted by Crippen LogP contribution is 2.12. The van der Waals surface area contributed by atoms with E-state index >= 15 is 0 Å². The van der Waals surface area contributed by atoms with Crippen molar-refractivity contribution in [1.82, 2.24) is 20.3 Å². The molecule has 0 aliphatic rings. The third-order valence-electron chi connectivity index (χ3n) is 3.62. The van der Waals surface area contributed by atoms with Gasteiger partial charge in [-0.25, -0.2) is 9.97 Å². The molecule has 0 saturated heterocycles. The summed E-state index contributed by atoms with van der Waals surface area (Å²) < 4.78 is 5.29. The number of nitrogens with zero attached hydrogens (tertiary/aromatic N) is 3. The van der Waals surface area contributed by atoms with Crippen LogP contribution in [0.2, 0.25) is 0 Å². The normalized spacial score (nSPS) is 11.9. The van der Waals surface area contributed by atoms with Crippen LogP contribution in [-0.4, -0.2) is 26.9 Å². The van der Waals surface area contributed by atoms with E-state index in [9.17, 15) is 4.79 Å². The Kier molecular flexibility index (Phi) is 4.96. The van der Waals surface area contributed by atoms with E-state index in [2.05, 4.69) is 20.3 Å². The van der Waals surface area contributed by atoms with Crippen LogP contribution in [0, 0.1) is 0 Å². The number of carbonyl (C=O) groups is 1. The fourth-order valence-corrected chi connectivity index (χ4v) is 2.28. The molecule has 3 aromatic rings. The molecule has 0 spiro atoms. The van der Waals surface area contributed by atoms with Gasteiger partial charge in [-0.15, -0.1) is 0 Å². The van der Waals surface area contributed by atoms with Crippen LogP contribution in [-0.2, 0) is 6.42 Å². The quantitative estimate of drug-likeness (QED) is 0.754. The van der Waals surface area contributed by atoms with Gasteiger partial charge in [-0.3, -0.25) is 9.78 Å². The van der Waals surface area contributed by atoms with Gasteiger partial charge >= 0.3 is 0 Å². The monoisotopic (exact) mass is 322 g/mol. The Morgan fingerprint density at radius 3 is 2.71 bits per heavy atom. The number of hydrogen-bond donors (Lipinski definition) is 1. The number of amides is 1. The zero-order chi connectivity index (χ0) is 16.8. The number of carbonyl (C=O) groups excluding carboxylic acids is 1. The van der Waals surface area contributed by atoms with Gasteiger partial charge in [0.1, 0.15) is 5.76 Å². The predicted molar refractivity (Wildman–Crippen MR) is 89.2 cm³/mol. The summed E-state index contributed by atoms with van der Waals surface area (Å²) in [5.74, 6) is 1.28. The minimum absolute atomic E-state index is 0.0283. The van der Waals surface area contributed by atoms with Crippen LogP contribution in [0.25, 0.3) is 11.4 Å². The zero-order valence-corrected chi connectivity index (χ0v) is 13.3. The largest absolute Gasteiger partial charge is 0.469 e. The van der Waals surface area contributed by atoms with E-state index < -0.39 is 0 Å². The average molecular weight is 322 g/mol. The molecule has 0 saturated carbocycles. The number of rotatable bonds is 6. The van der Waals surface area contributed by atoms with Crippen molar-refractivity contribution >= 4 is 5.91 Å². The molecule has 0 aromatic carbocycles. The SMILES string of the molecule is C[C@H](CCc1ccco1)NC(=O)c1cnc(-c2cccnc2)nc1. The molecular formula is C18H18N4O2. The summed E-state index contributed by atoms with van der Waals surface area (Å²) in [4.78, 5) is 24.7. The Hall–Kier alpha value is -3.02. The molecule has 3 rings (SSSR count). The summed E-state index contributed by atoms with van der Waals surface area (Å²) in [5.41, 5.74) is 1.25. The topological polar surface area (TPSA) is 80.9 Å². The lowest BCUT2D eigenvalue weighted by molar-refractivity contribution is 0.0937. The maximum Gasteiger partial charge on any atom is 0.254 e. The van der Waals surface area contributed by atoms with Crippen molar-refractivity contribution in [3.05, 3.63) is 66.6 Å². The number of furan rings is 1. The number of hydrogen-bond acceptors (Lipinski definition) is 5. The van der Waals surface area contributed by atoms with Crippen molar-refractivity contribution in [1.29, 1.82) is 0 Å². The molecule has 122 valence electrons. The number of nitrogens with one attached hydrogen (secondary N) is 1. The summed E-state index contributed by atoms with van der Waals surface area (Å²) in [6.07, 6.45) is 9.67. The van der Waals surface area contributed by atoms with Gasteiger partial charge < -0.3 is 9.73 Å². The van der Waals surface area contributed by atoms with Crippen molar-refractivity contribution < 1.29 is 9.21 Å². The first-order valence-corrected chi connectivity index (χ1v) is 7.78. The molecule has 0 bridgehead atoms. The lowest BCUT2D eigenvalue weighted by atomic mass is 10.1. The Labute approximate surface area is 140 Å². The smallest absolute Gasteiger partial charge is 0.254 e. The first-order chi connectivity index (χ1) is 11.7. The Morgan fingerprint density at radius 2 is 2.04 bits per heavy atom. The molecule has 1 N–H and O–H groups in total. The van der Waals surface area contributed by atoms with Crippen LogP contribution in [0.1, 0.15) is 29.5 Å². The fourth-order valence-electron chi connectivity index (χ4n) is 2.28. The summed E-state index contributed by atoms with van der Waals surface area (Å²) in [5, 5.41) is 2.94. The average Bonchev–Trinajstić information content (AvgIpc) is 3.14. The van der Waals surface area contributed by atoms with Crippen LogP contribution in [0.5, 0.6) is 0 Å². The van der Waals surface area contributed by atoms with E-state index in [1.54, 1.807) is 18.7 Å². The van der Waals surface area contributed by atoms with Gasteiger partial charge in [0.2, 0.25) is 0 Å². The minimum Gasteiger partial charge on any atom is -0.469 e. The van der Waals surface area contributed by atoms with Gasteiger partial charge in [0, 0.05) is 42.8 Å². The van der Waals surface area contributed by atoms with Gasteiger partial charge in [0.15, 0.2) is 5.82 Å². The van der Waals surface area contributed by atoms with Gasteiger partial charge in [-0.1, -0.05) is 0 Å². The van der Waals surface area contributed by atoms with E-state index in [1.807, 2.05) is 31.2 Å². The molecule has 6 heteroatoms. The highest BCUT2D eigenvalue weighted by Gasteiger charge is 2.12. The van der Waals surface area contributed by atoms with E-state index in [0.717, 1.165) is 24.2 Å². The van der Waals surface area contributed by atoms with Crippen LogP contribution in [0.15, 0.2) is 59.7 Å². The molecule has 6 nitrogen and oxygen atoms in total. The molecule has 0 fully saturated rings. The van der Waals surface area contributed by atoms with Gasteiger partial charge in [-0.05, 0) is 37.6 Å². The standard InChI is InChI=1S/C18H18N4O2/c1-13(6-7-16-5-3-9-24-16)22-18(23)15-11-20-17(21-12-15)14-4-2-8-19-10-14/h2-5,8-13H,6-7H2,1H3,(H,22,23)/t13-/m1/s1. The molecule has 3 heterocycles. The summed E-state index contributed by atoms with van der Waals surface area (Å²) in [7, 11) is 0. The van der Waals surface area contributed by atoms with Gasteiger partial charge in [0.25, 0.3) is 5.91 Å². The highest BCUT2D eigenvalue weighted by molar-refractivity contribution is 5.93. The van der Waals surface area contributed by atoms with E-state index in [4.69, 9.17) is 4.42 Å². The van der Waals surface area contributed by atoms with Crippen molar-refractivity contribution in [3.8, 4) is 11.4 Å². The van der Waals surface area contributed by atoms with E-state index in [1.165, 1.54) is 12.4 Å². The van der Waals surface area contributed by atoms with E-state index in [0.29, 0.717) is 11.4 Å². The summed E-state index contributed by atoms with van der Waals surface area (Å²) in [6, 6.07) is 7.51. The molecule has 1 atom stereocenters. The van der Waals surface area contributed by atoms with Crippen LogP contribution in [0.3, 0.4) is 0 Å². The van der Waals surface area contributed by atoms with Crippen molar-refractivity contribution in [2.45, 2.75) is 25.8 Å². The summed E-state index contributed by atoms with van der Waals surface area (Å²) >= 11 is 0. The van der Waals surface area contributed by atoms with Crippen LogP contribution in [0.4, 0.5) is 0 Å². The Morgan fingerprint density at radius 1 is 1.21 bits per heavy atom. The Balaban J connectivity index is 1.56. The number of aryl methyl sites for hydroxylation is 1. The lowest BCUT2D eigenvalue weighted by Crippen LogP contribution is -2.33. The third-order valence-corrected chi connectivity index (χ3v) is 3.62. The van der Waals surface area contributed by atoms with Crippen molar-refractivity contribution in [2.24, 2.45) is 0 Å². The second kappa shape index (κ2) is 7.50. The first kappa shape index (κ1) is 15.9. The Bertz CT molecular complexity index is 771. The van der Waals surface area contributed by atoms with E-state index in [-0.39, 0.29) is 11.9 Å². The second-order valence-electron chi connectivity index (χ2n) is 5.53. The highest BCUT2D eigenvalue weighted by atomic mass is 16.3. The van der Waals surface area contributed by atoms with Crippen LogP contribution >= 0.6 is 0 Å². The first-order valence-electron chi connectivity index (χ1n) is 7.78. The molecule has 0 aliphatic carbocycles. The fraction of sp³-hybridized carbons (Fsp3) is 0.222. The molecule has 0 radical (unpaired) electrons. The predicted octanol–water partition coefficient (Wildman–Crippen LogP) is 2.88. The molecule has 0 unspecified atom stereocenters. The maximum absolute atomic E-state index is 12.2. The maximum atomic E-state index is 12.2. The van der Waals surface area contributed by atoms with Crippen molar-refractivity contribution in [2.75, 3.05) is 0 Å². The molecular weight excluding hydrogens is 304 g/mol. The molecule has 3 aromatic heterocycles. The minimum atomic E-state index is -0.181. The van der Waals surface area contributed by atoms with Gasteiger partial charge in [-0.2, -0.15) is 0 Å². The van der Waals surface area contributed by atoms with Gasteiger partial charge in [0.05, 0.1) is 11.8 Å². The third kappa shape index (κ3) is 4.04. The second-order valence-corrected chi connectivity index (χ2v) is 5.53. The number of pyridine rings is 1. The molecule has 1 amide bonds. The molecule has 24 heavy (non-hydrogen) atoms. The zero-order valence-electron chi connectivity index (χ0n) is 13.3.